The number of nitrogens with zero attached hydrogens (tertiary/aromatic N) is 1. The summed E-state index contributed by atoms with van der Waals surface area (Å²) in [6.45, 7) is 9.43. The second-order valence-electron chi connectivity index (χ2n) is 7.01. The summed E-state index contributed by atoms with van der Waals surface area (Å²) in [5, 5.41) is 13.1. The molecule has 1 heterocycles. The van der Waals surface area contributed by atoms with Crippen LogP contribution in [0.1, 0.15) is 43.1 Å². The van der Waals surface area contributed by atoms with Crippen molar-refractivity contribution in [2.45, 2.75) is 51.8 Å². The molecule has 1 fully saturated rings. The van der Waals surface area contributed by atoms with Gasteiger partial charge in [-0.25, -0.2) is 4.39 Å². The van der Waals surface area contributed by atoms with E-state index in [1.54, 1.807) is 13.0 Å². The highest BCUT2D eigenvalue weighted by atomic mass is 19.1. The van der Waals surface area contributed by atoms with Crippen molar-refractivity contribution in [2.24, 2.45) is 0 Å². The highest BCUT2D eigenvalue weighted by Crippen LogP contribution is 2.21. The van der Waals surface area contributed by atoms with Crippen molar-refractivity contribution in [3.63, 3.8) is 0 Å². The number of rotatable bonds is 2. The van der Waals surface area contributed by atoms with Gasteiger partial charge in [-0.15, -0.1) is 0 Å². The summed E-state index contributed by atoms with van der Waals surface area (Å²) < 4.78 is 13.3. The second kappa shape index (κ2) is 6.34. The summed E-state index contributed by atoms with van der Waals surface area (Å²) in [7, 11) is 0. The van der Waals surface area contributed by atoms with E-state index in [4.69, 9.17) is 0 Å². The third-order valence-electron chi connectivity index (χ3n) is 4.29. The van der Waals surface area contributed by atoms with Gasteiger partial charge in [-0.1, -0.05) is 6.07 Å². The Morgan fingerprint density at radius 1 is 1.41 bits per heavy atom. The maximum Gasteiger partial charge on any atom is 0.251 e. The van der Waals surface area contributed by atoms with Gasteiger partial charge >= 0.3 is 0 Å². The minimum absolute atomic E-state index is 0.00486. The first-order valence-electron chi connectivity index (χ1n) is 7.68. The average Bonchev–Trinajstić information content (AvgIpc) is 2.42. The first-order valence-corrected chi connectivity index (χ1v) is 7.68. The van der Waals surface area contributed by atoms with E-state index in [-0.39, 0.29) is 17.5 Å². The van der Waals surface area contributed by atoms with Gasteiger partial charge in [-0.05, 0) is 51.8 Å². The standard InChI is InChI=1S/C17H25FN2O2/c1-11-5-6-12(18)9-13(11)16(22)19-14-7-8-20(10-15(14)21)17(2,3)4/h5-6,9,14-15,21H,7-8,10H2,1-4H3,(H,19,22). The van der Waals surface area contributed by atoms with Crippen molar-refractivity contribution < 1.29 is 14.3 Å². The van der Waals surface area contributed by atoms with Gasteiger partial charge in [0.15, 0.2) is 0 Å². The molecule has 2 rings (SSSR count). The van der Waals surface area contributed by atoms with Crippen LogP contribution in [0.3, 0.4) is 0 Å². The summed E-state index contributed by atoms with van der Waals surface area (Å²) in [5.74, 6) is -0.760. The number of aliphatic hydroxyl groups is 1. The zero-order valence-electron chi connectivity index (χ0n) is 13.7. The number of aryl methyl sites for hydroxylation is 1. The molecule has 4 nitrogen and oxygen atoms in total. The van der Waals surface area contributed by atoms with E-state index >= 15 is 0 Å². The molecule has 1 aromatic rings. The number of aliphatic hydroxyl groups excluding tert-OH is 1. The van der Waals surface area contributed by atoms with Crippen LogP contribution < -0.4 is 5.32 Å². The first kappa shape index (κ1) is 16.9. The fraction of sp³-hybridized carbons (Fsp3) is 0.588. The molecule has 2 N–H and O–H groups in total. The lowest BCUT2D eigenvalue weighted by molar-refractivity contribution is 0.00120. The van der Waals surface area contributed by atoms with E-state index in [0.29, 0.717) is 18.5 Å². The number of carbonyl (C=O) groups excluding carboxylic acids is 1. The van der Waals surface area contributed by atoms with E-state index in [1.807, 2.05) is 0 Å². The van der Waals surface area contributed by atoms with Crippen molar-refractivity contribution in [2.75, 3.05) is 13.1 Å². The monoisotopic (exact) mass is 308 g/mol. The molecule has 22 heavy (non-hydrogen) atoms. The van der Waals surface area contributed by atoms with Crippen LogP contribution in [0.2, 0.25) is 0 Å². The summed E-state index contributed by atoms with van der Waals surface area (Å²) in [6, 6.07) is 3.86. The van der Waals surface area contributed by atoms with Crippen LogP contribution in [0.4, 0.5) is 4.39 Å². The van der Waals surface area contributed by atoms with Crippen LogP contribution in [0.25, 0.3) is 0 Å². The molecule has 0 spiro atoms. The smallest absolute Gasteiger partial charge is 0.251 e. The molecule has 5 heteroatoms. The van der Waals surface area contributed by atoms with Gasteiger partial charge in [0.1, 0.15) is 5.82 Å². The van der Waals surface area contributed by atoms with Crippen molar-refractivity contribution in [1.82, 2.24) is 10.2 Å². The number of likely N-dealkylation sites (tertiary alicyclic amines) is 1. The minimum atomic E-state index is -0.620. The molecule has 2 unspecified atom stereocenters. The quantitative estimate of drug-likeness (QED) is 0.880. The lowest BCUT2D eigenvalue weighted by Gasteiger charge is -2.43. The molecule has 1 aliphatic heterocycles. The fourth-order valence-electron chi connectivity index (χ4n) is 2.79. The Balaban J connectivity index is 2.03. The Morgan fingerprint density at radius 3 is 2.68 bits per heavy atom. The molecule has 122 valence electrons. The Labute approximate surface area is 131 Å². The van der Waals surface area contributed by atoms with Crippen molar-refractivity contribution >= 4 is 5.91 Å². The molecule has 1 amide bonds. The van der Waals surface area contributed by atoms with Gasteiger partial charge in [0.2, 0.25) is 0 Å². The third-order valence-corrected chi connectivity index (χ3v) is 4.29. The Kier molecular flexibility index (Phi) is 4.87. The van der Waals surface area contributed by atoms with Crippen molar-refractivity contribution in [3.05, 3.63) is 35.1 Å². The number of nitrogens with one attached hydrogen (secondary N) is 1. The number of piperidine rings is 1. The van der Waals surface area contributed by atoms with Gasteiger partial charge in [-0.2, -0.15) is 0 Å². The Morgan fingerprint density at radius 2 is 2.09 bits per heavy atom. The van der Waals surface area contributed by atoms with Crippen LogP contribution in [0.15, 0.2) is 18.2 Å². The lowest BCUT2D eigenvalue weighted by atomic mass is 9.95. The second-order valence-corrected chi connectivity index (χ2v) is 7.01. The SMILES string of the molecule is Cc1ccc(F)cc1C(=O)NC1CCN(C(C)(C)C)CC1O. The minimum Gasteiger partial charge on any atom is -0.390 e. The predicted molar refractivity (Wildman–Crippen MR) is 84.3 cm³/mol. The molecule has 0 saturated carbocycles. The summed E-state index contributed by atoms with van der Waals surface area (Å²) in [4.78, 5) is 14.5. The number of benzene rings is 1. The molecule has 0 aromatic heterocycles. The van der Waals surface area contributed by atoms with Crippen molar-refractivity contribution in [3.8, 4) is 0 Å². The number of β-amino-alcohol motifs (C(OH)–C–C–N with tert-alkyl or cyclic N) is 1. The Bertz CT molecular complexity index is 554. The van der Waals surface area contributed by atoms with E-state index in [2.05, 4.69) is 31.0 Å². The molecule has 0 bridgehead atoms. The molecule has 1 aromatic carbocycles. The summed E-state index contributed by atoms with van der Waals surface area (Å²) in [5.41, 5.74) is 1.04. The number of hydrogen-bond donors (Lipinski definition) is 2. The summed E-state index contributed by atoms with van der Waals surface area (Å²) >= 11 is 0. The Hall–Kier alpha value is -1.46. The molecule has 0 aliphatic carbocycles. The molecular formula is C17H25FN2O2. The van der Waals surface area contributed by atoms with Gasteiger partial charge in [0, 0.05) is 24.2 Å². The molecule has 2 atom stereocenters. The number of hydrogen-bond acceptors (Lipinski definition) is 3. The zero-order chi connectivity index (χ0) is 16.5. The zero-order valence-corrected chi connectivity index (χ0v) is 13.7. The van der Waals surface area contributed by atoms with Gasteiger partial charge in [-0.3, -0.25) is 9.69 Å². The highest BCUT2D eigenvalue weighted by Gasteiger charge is 2.33. The topological polar surface area (TPSA) is 52.6 Å². The number of amides is 1. The average molecular weight is 308 g/mol. The van der Waals surface area contributed by atoms with E-state index in [0.717, 1.165) is 12.1 Å². The van der Waals surface area contributed by atoms with Crippen LogP contribution >= 0.6 is 0 Å². The lowest BCUT2D eigenvalue weighted by Crippen LogP contribution is -2.58. The molecule has 0 radical (unpaired) electrons. The van der Waals surface area contributed by atoms with Crippen molar-refractivity contribution in [1.29, 1.82) is 0 Å². The van der Waals surface area contributed by atoms with E-state index in [1.165, 1.54) is 12.1 Å². The van der Waals surface area contributed by atoms with Crippen LogP contribution in [0.5, 0.6) is 0 Å². The maximum absolute atomic E-state index is 13.3. The van der Waals surface area contributed by atoms with Crippen LogP contribution in [0, 0.1) is 12.7 Å². The fourth-order valence-corrected chi connectivity index (χ4v) is 2.79. The number of halogens is 1. The summed E-state index contributed by atoms with van der Waals surface area (Å²) in [6.07, 6.45) is 0.0595. The third kappa shape index (κ3) is 3.84. The van der Waals surface area contributed by atoms with Gasteiger partial charge in [0.25, 0.3) is 5.91 Å². The molecule has 1 saturated heterocycles. The molecular weight excluding hydrogens is 283 g/mol. The van der Waals surface area contributed by atoms with Crippen LogP contribution in [-0.2, 0) is 0 Å². The van der Waals surface area contributed by atoms with E-state index < -0.39 is 11.9 Å². The first-order chi connectivity index (χ1) is 10.2. The predicted octanol–water partition coefficient (Wildman–Crippen LogP) is 2.10. The molecule has 1 aliphatic rings. The highest BCUT2D eigenvalue weighted by molar-refractivity contribution is 5.95. The van der Waals surface area contributed by atoms with Gasteiger partial charge < -0.3 is 10.4 Å². The van der Waals surface area contributed by atoms with Crippen LogP contribution in [-0.4, -0.2) is 46.7 Å². The number of carbonyl (C=O) groups is 1. The largest absolute Gasteiger partial charge is 0.390 e. The normalized spacial score (nSPS) is 23.4. The van der Waals surface area contributed by atoms with E-state index in [9.17, 15) is 14.3 Å². The maximum atomic E-state index is 13.3. The van der Waals surface area contributed by atoms with Gasteiger partial charge in [0.05, 0.1) is 12.1 Å².